The third kappa shape index (κ3) is 3.94. The molecule has 28 heavy (non-hydrogen) atoms. The predicted molar refractivity (Wildman–Crippen MR) is 113 cm³/mol. The first-order valence-electron chi connectivity index (χ1n) is 9.11. The van der Waals surface area contributed by atoms with Gasteiger partial charge in [-0.1, -0.05) is 12.1 Å². The lowest BCUT2D eigenvalue weighted by atomic mass is 9.92. The second-order valence-electron chi connectivity index (χ2n) is 6.38. The van der Waals surface area contributed by atoms with Crippen LogP contribution in [0.2, 0.25) is 0 Å². The van der Waals surface area contributed by atoms with Crippen molar-refractivity contribution in [3.63, 3.8) is 0 Å². The average molecular weight is 403 g/mol. The van der Waals surface area contributed by atoms with Gasteiger partial charge in [-0.25, -0.2) is 0 Å². The van der Waals surface area contributed by atoms with Crippen molar-refractivity contribution in [2.75, 3.05) is 41.5 Å². The number of rotatable bonds is 6. The van der Waals surface area contributed by atoms with Crippen LogP contribution in [0.15, 0.2) is 36.4 Å². The molecule has 3 rings (SSSR count). The highest BCUT2D eigenvalue weighted by molar-refractivity contribution is 7.80. The maximum Gasteiger partial charge on any atom is 0.169 e. The molecule has 0 amide bonds. The minimum absolute atomic E-state index is 0.0616. The number of fused-ring (bicyclic) bond motifs is 1. The van der Waals surface area contributed by atoms with Crippen molar-refractivity contribution >= 4 is 17.3 Å². The third-order valence-electron chi connectivity index (χ3n) is 4.94. The largest absolute Gasteiger partial charge is 0.493 e. The number of thiocarbonyl (C=S) groups is 1. The molecule has 1 aliphatic rings. The van der Waals surface area contributed by atoms with E-state index in [0.29, 0.717) is 29.0 Å². The maximum atomic E-state index is 6.15. The number of hydrogen-bond donors (Lipinski definition) is 1. The summed E-state index contributed by atoms with van der Waals surface area (Å²) in [7, 11) is 6.77. The summed E-state index contributed by atoms with van der Waals surface area (Å²) in [6.45, 7) is 1.22. The first-order valence-corrected chi connectivity index (χ1v) is 9.52. The van der Waals surface area contributed by atoms with Crippen LogP contribution >= 0.6 is 12.2 Å². The summed E-state index contributed by atoms with van der Waals surface area (Å²) in [5.74, 6) is 2.83. The standard InChI is InChI=1S/C21H26N2O4S/c1-22-21(28)23-10-9-14-11-19(25-3)20(26-4)12-15(14)16(23)13-27-18-8-6-5-7-17(18)24-2/h5-8,11-12,16H,9-10,13H2,1-4H3,(H,22,28)/t16-/m0/s1. The number of hydrogen-bond acceptors (Lipinski definition) is 5. The molecule has 6 nitrogen and oxygen atoms in total. The molecule has 1 atom stereocenters. The van der Waals surface area contributed by atoms with Crippen LogP contribution in [0, 0.1) is 0 Å². The number of benzene rings is 2. The van der Waals surface area contributed by atoms with E-state index in [4.69, 9.17) is 31.2 Å². The minimum atomic E-state index is -0.0616. The van der Waals surface area contributed by atoms with Crippen molar-refractivity contribution < 1.29 is 18.9 Å². The lowest BCUT2D eigenvalue weighted by molar-refractivity contribution is 0.183. The second-order valence-corrected chi connectivity index (χ2v) is 6.77. The second kappa shape index (κ2) is 9.01. The molecule has 0 radical (unpaired) electrons. The van der Waals surface area contributed by atoms with Crippen LogP contribution in [0.3, 0.4) is 0 Å². The van der Waals surface area contributed by atoms with Crippen molar-refractivity contribution in [3.05, 3.63) is 47.5 Å². The van der Waals surface area contributed by atoms with E-state index >= 15 is 0 Å². The molecule has 2 aromatic rings. The Balaban J connectivity index is 1.96. The molecule has 1 N–H and O–H groups in total. The number of ether oxygens (including phenoxy) is 4. The summed E-state index contributed by atoms with van der Waals surface area (Å²) >= 11 is 5.55. The van der Waals surface area contributed by atoms with E-state index in [1.807, 2.05) is 43.4 Å². The van der Waals surface area contributed by atoms with Crippen LogP contribution in [0.4, 0.5) is 0 Å². The van der Waals surface area contributed by atoms with E-state index in [2.05, 4.69) is 10.2 Å². The van der Waals surface area contributed by atoms with Gasteiger partial charge in [0.05, 0.1) is 27.4 Å². The molecule has 0 saturated carbocycles. The molecule has 0 bridgehead atoms. The molecule has 0 unspecified atom stereocenters. The van der Waals surface area contributed by atoms with Gasteiger partial charge in [0.2, 0.25) is 0 Å². The van der Waals surface area contributed by atoms with Crippen LogP contribution in [0.25, 0.3) is 0 Å². The number of nitrogens with one attached hydrogen (secondary N) is 1. The summed E-state index contributed by atoms with van der Waals surface area (Å²) in [6.07, 6.45) is 0.864. The predicted octanol–water partition coefficient (Wildman–Crippen LogP) is 3.19. The van der Waals surface area contributed by atoms with Gasteiger partial charge in [0.15, 0.2) is 28.1 Å². The Labute approximate surface area is 171 Å². The van der Waals surface area contributed by atoms with Gasteiger partial charge in [-0.2, -0.15) is 0 Å². The molecule has 2 aromatic carbocycles. The molecule has 0 aromatic heterocycles. The highest BCUT2D eigenvalue weighted by atomic mass is 32.1. The van der Waals surface area contributed by atoms with Crippen LogP contribution in [0.5, 0.6) is 23.0 Å². The van der Waals surface area contributed by atoms with Crippen LogP contribution in [0.1, 0.15) is 17.2 Å². The van der Waals surface area contributed by atoms with Crippen molar-refractivity contribution in [1.82, 2.24) is 10.2 Å². The average Bonchev–Trinajstić information content (AvgIpc) is 2.75. The van der Waals surface area contributed by atoms with E-state index in [9.17, 15) is 0 Å². The Morgan fingerprint density at radius 2 is 1.68 bits per heavy atom. The maximum absolute atomic E-state index is 6.15. The Morgan fingerprint density at radius 3 is 2.32 bits per heavy atom. The Kier molecular flexibility index (Phi) is 6.46. The lowest BCUT2D eigenvalue weighted by Crippen LogP contribution is -2.46. The molecule has 0 saturated heterocycles. The van der Waals surface area contributed by atoms with Crippen LogP contribution in [-0.2, 0) is 6.42 Å². The fraction of sp³-hybridized carbons (Fsp3) is 0.381. The van der Waals surface area contributed by atoms with Gasteiger partial charge in [-0.15, -0.1) is 0 Å². The number of nitrogens with zero attached hydrogens (tertiary/aromatic N) is 1. The van der Waals surface area contributed by atoms with Crippen LogP contribution < -0.4 is 24.3 Å². The van der Waals surface area contributed by atoms with E-state index in [-0.39, 0.29) is 6.04 Å². The highest BCUT2D eigenvalue weighted by Crippen LogP contribution is 2.39. The van der Waals surface area contributed by atoms with E-state index in [1.165, 1.54) is 5.56 Å². The summed E-state index contributed by atoms with van der Waals surface area (Å²) in [6, 6.07) is 11.6. The van der Waals surface area contributed by atoms with Crippen molar-refractivity contribution in [1.29, 1.82) is 0 Å². The topological polar surface area (TPSA) is 52.2 Å². The number of methoxy groups -OCH3 is 3. The molecule has 1 aliphatic heterocycles. The van der Waals surface area contributed by atoms with Gasteiger partial charge in [0.25, 0.3) is 0 Å². The molecule has 1 heterocycles. The van der Waals surface area contributed by atoms with Crippen molar-refractivity contribution in [3.8, 4) is 23.0 Å². The summed E-state index contributed by atoms with van der Waals surface area (Å²) in [5.41, 5.74) is 2.33. The van der Waals surface area contributed by atoms with Gasteiger partial charge in [0, 0.05) is 13.6 Å². The van der Waals surface area contributed by atoms with E-state index in [1.54, 1.807) is 21.3 Å². The minimum Gasteiger partial charge on any atom is -0.493 e. The summed E-state index contributed by atoms with van der Waals surface area (Å²) in [5, 5.41) is 3.78. The molecular formula is C21H26N2O4S. The van der Waals surface area contributed by atoms with Gasteiger partial charge in [-0.05, 0) is 54.0 Å². The van der Waals surface area contributed by atoms with E-state index in [0.717, 1.165) is 24.3 Å². The Bertz CT molecular complexity index is 843. The first kappa shape index (κ1) is 20.1. The van der Waals surface area contributed by atoms with Crippen LogP contribution in [-0.4, -0.2) is 51.5 Å². The fourth-order valence-electron chi connectivity index (χ4n) is 3.50. The third-order valence-corrected chi connectivity index (χ3v) is 5.38. The number of para-hydroxylation sites is 2. The molecule has 0 fully saturated rings. The molecule has 0 spiro atoms. The summed E-state index contributed by atoms with van der Waals surface area (Å²) in [4.78, 5) is 2.15. The summed E-state index contributed by atoms with van der Waals surface area (Å²) < 4.78 is 22.5. The highest BCUT2D eigenvalue weighted by Gasteiger charge is 2.31. The zero-order valence-electron chi connectivity index (χ0n) is 16.7. The molecule has 7 heteroatoms. The Hall–Kier alpha value is -2.67. The first-order chi connectivity index (χ1) is 13.6. The fourth-order valence-corrected chi connectivity index (χ4v) is 3.72. The van der Waals surface area contributed by atoms with Crippen molar-refractivity contribution in [2.45, 2.75) is 12.5 Å². The quantitative estimate of drug-likeness (QED) is 0.745. The molecule has 150 valence electrons. The molecular weight excluding hydrogens is 376 g/mol. The van der Waals surface area contributed by atoms with E-state index < -0.39 is 0 Å². The normalized spacial score (nSPS) is 15.4. The Morgan fingerprint density at radius 1 is 1.04 bits per heavy atom. The SMILES string of the molecule is CNC(=S)N1CCc2cc(OC)c(OC)cc2[C@@H]1COc1ccccc1OC. The van der Waals surface area contributed by atoms with Crippen molar-refractivity contribution in [2.24, 2.45) is 0 Å². The monoisotopic (exact) mass is 402 g/mol. The van der Waals surface area contributed by atoms with Gasteiger partial charge < -0.3 is 29.2 Å². The smallest absolute Gasteiger partial charge is 0.169 e. The molecule has 0 aliphatic carbocycles. The zero-order chi connectivity index (χ0) is 20.1. The lowest BCUT2D eigenvalue weighted by Gasteiger charge is -2.39. The van der Waals surface area contributed by atoms with Gasteiger partial charge >= 0.3 is 0 Å². The van der Waals surface area contributed by atoms with Gasteiger partial charge in [0.1, 0.15) is 6.61 Å². The van der Waals surface area contributed by atoms with Gasteiger partial charge in [-0.3, -0.25) is 0 Å². The zero-order valence-corrected chi connectivity index (χ0v) is 17.5.